The molecule has 1 amide bonds. The van der Waals surface area contributed by atoms with Gasteiger partial charge < -0.3 is 20.1 Å². The van der Waals surface area contributed by atoms with E-state index in [1.165, 1.54) is 0 Å². The van der Waals surface area contributed by atoms with Crippen molar-refractivity contribution in [2.24, 2.45) is 0 Å². The van der Waals surface area contributed by atoms with E-state index in [1.54, 1.807) is 18.6 Å². The van der Waals surface area contributed by atoms with Gasteiger partial charge in [0, 0.05) is 54.2 Å². The van der Waals surface area contributed by atoms with Crippen molar-refractivity contribution in [2.45, 2.75) is 30.5 Å². The molecule has 51 heavy (non-hydrogen) atoms. The molecule has 1 aliphatic rings. The van der Waals surface area contributed by atoms with Gasteiger partial charge in [-0.2, -0.15) is 0 Å². The Morgan fingerprint density at radius 3 is 2.57 bits per heavy atom. The molecule has 3 atom stereocenters. The van der Waals surface area contributed by atoms with Crippen molar-refractivity contribution in [3.63, 3.8) is 0 Å². The van der Waals surface area contributed by atoms with Crippen LogP contribution in [0.5, 0.6) is 0 Å². The van der Waals surface area contributed by atoms with Gasteiger partial charge in [0.05, 0.1) is 25.8 Å². The van der Waals surface area contributed by atoms with Crippen LogP contribution in [-0.4, -0.2) is 73.9 Å². The van der Waals surface area contributed by atoms with Gasteiger partial charge in [-0.3, -0.25) is 19.2 Å². The van der Waals surface area contributed by atoms with E-state index in [0.29, 0.717) is 21.7 Å². The number of aromatic nitrogens is 3. The molecule has 6 rings (SSSR count). The minimum atomic E-state index is -0.655. The number of pyridine rings is 1. The van der Waals surface area contributed by atoms with E-state index in [1.807, 2.05) is 105 Å². The van der Waals surface area contributed by atoms with Crippen molar-refractivity contribution in [2.75, 3.05) is 44.0 Å². The number of benzene rings is 3. The number of hydrogen-bond acceptors (Lipinski definition) is 9. The maximum atomic E-state index is 13.2. The van der Waals surface area contributed by atoms with E-state index in [9.17, 15) is 9.59 Å². The summed E-state index contributed by atoms with van der Waals surface area (Å²) in [5.74, 6) is 0.258. The van der Waals surface area contributed by atoms with Crippen LogP contribution in [0.2, 0.25) is 0 Å². The number of carbonyl (C=O) groups is 2. The number of anilines is 3. The molecule has 3 unspecified atom stereocenters. The number of quaternary nitrogens is 1. The zero-order valence-electron chi connectivity index (χ0n) is 28.8. The zero-order chi connectivity index (χ0) is 35.8. The average Bonchev–Trinajstić information content (AvgIpc) is 3.15. The highest BCUT2D eigenvalue weighted by atomic mass is 127. The number of amides is 1. The normalized spacial score (nSPS) is 18.0. The second kappa shape index (κ2) is 16.4. The quantitative estimate of drug-likeness (QED) is 0.0455. The molecule has 0 saturated carbocycles. The zero-order valence-corrected chi connectivity index (χ0v) is 31.0. The second-order valence-corrected chi connectivity index (χ2v) is 14.3. The smallest absolute Gasteiger partial charge is 0.426 e. The van der Waals surface area contributed by atoms with Gasteiger partial charge in [-0.15, -0.1) is 0 Å². The summed E-state index contributed by atoms with van der Waals surface area (Å²) in [7, 11) is 2.11. The summed E-state index contributed by atoms with van der Waals surface area (Å²) in [6.45, 7) is 7.34. The summed E-state index contributed by atoms with van der Waals surface area (Å²) in [4.78, 5) is 41.2. The number of likely N-dealkylation sites (N-methyl/N-ethyl adjacent to an activating group) is 1. The Hall–Kier alpha value is -4.92. The maximum absolute atomic E-state index is 13.2. The van der Waals surface area contributed by atoms with Crippen LogP contribution >= 0.6 is 22.6 Å². The van der Waals surface area contributed by atoms with Crippen LogP contribution in [-0.2, 0) is 16.0 Å². The Morgan fingerprint density at radius 1 is 1.02 bits per heavy atom. The fourth-order valence-corrected chi connectivity index (χ4v) is 6.74. The van der Waals surface area contributed by atoms with Crippen molar-refractivity contribution < 1.29 is 23.5 Å². The number of ether oxygens (including phenoxy) is 2. The van der Waals surface area contributed by atoms with E-state index in [-0.39, 0.29) is 22.8 Å². The van der Waals surface area contributed by atoms with E-state index in [0.717, 1.165) is 59.8 Å². The molecule has 0 aliphatic carbocycles. The molecule has 1 aliphatic heterocycles. The lowest BCUT2D eigenvalue weighted by atomic mass is 10.1. The number of nitrogens with one attached hydrogen (secondary N) is 2. The summed E-state index contributed by atoms with van der Waals surface area (Å²) in [6.07, 6.45) is 4.15. The minimum Gasteiger partial charge on any atom is -0.426 e. The number of hydrogen-bond donors (Lipinski definition) is 2. The molecule has 1 fully saturated rings. The van der Waals surface area contributed by atoms with Crippen molar-refractivity contribution >= 4 is 52.0 Å². The van der Waals surface area contributed by atoms with Gasteiger partial charge in [-0.25, -0.2) is 14.8 Å². The number of halogens is 1. The van der Waals surface area contributed by atoms with Crippen LogP contribution in [0.25, 0.3) is 11.3 Å². The van der Waals surface area contributed by atoms with E-state index < -0.39 is 6.16 Å². The van der Waals surface area contributed by atoms with E-state index in [2.05, 4.69) is 60.1 Å². The second-order valence-electron chi connectivity index (χ2n) is 12.9. The predicted molar refractivity (Wildman–Crippen MR) is 206 cm³/mol. The molecule has 3 aromatic carbocycles. The summed E-state index contributed by atoms with van der Waals surface area (Å²) in [5.41, 5.74) is 6.71. The maximum Gasteiger partial charge on any atom is 0.513 e. The van der Waals surface area contributed by atoms with Gasteiger partial charge >= 0.3 is 6.16 Å². The molecule has 0 spiro atoms. The largest absolute Gasteiger partial charge is 0.513 e. The Kier molecular flexibility index (Phi) is 11.5. The fraction of sp³-hybridized carbons (Fsp3) is 0.256. The third kappa shape index (κ3) is 9.45. The first kappa shape index (κ1) is 35.9. The van der Waals surface area contributed by atoms with Gasteiger partial charge in [0.15, 0.2) is 4.05 Å². The highest BCUT2D eigenvalue weighted by Gasteiger charge is 2.38. The SMILES string of the molecule is Cc1ccc(NC(=O)c2ccc(CN3CC[N+](C)(COC(=O)OC(C)c4ccccc4)C(I)C3)cc2)cc1Nc1nccc(-c2cccnc2)n1. The lowest BCUT2D eigenvalue weighted by molar-refractivity contribution is -0.935. The standard InChI is InChI=1S/C39H40IN7O4/c1-27-11-16-33(22-35(27)45-38-42-19-17-34(44-38)32-10-7-18-41-23-32)43-37(48)31-14-12-29(13-15-31)24-46-20-21-47(3,36(40)25-46)26-50-39(49)51-28(2)30-8-5-4-6-9-30/h4-19,22-23,28,36H,20-21,24-26H2,1-3H3,(H-,42,43,44,45,48)/p+1. The molecular formula is C39H41IN7O4+. The third-order valence-corrected chi connectivity index (χ3v) is 10.7. The minimum absolute atomic E-state index is 0.193. The number of aryl methyl sites for hydroxylation is 1. The average molecular weight is 799 g/mol. The Morgan fingerprint density at radius 2 is 1.82 bits per heavy atom. The fourth-order valence-electron chi connectivity index (χ4n) is 5.74. The first-order chi connectivity index (χ1) is 24.6. The molecule has 11 nitrogen and oxygen atoms in total. The van der Waals surface area contributed by atoms with Crippen LogP contribution in [0, 0.1) is 6.92 Å². The summed E-state index contributed by atoms with van der Waals surface area (Å²) in [6, 6.07) is 28.7. The highest BCUT2D eigenvalue weighted by Crippen LogP contribution is 2.27. The summed E-state index contributed by atoms with van der Waals surface area (Å²) >= 11 is 2.45. The molecule has 12 heteroatoms. The monoisotopic (exact) mass is 798 g/mol. The van der Waals surface area contributed by atoms with Crippen LogP contribution in [0.3, 0.4) is 0 Å². The third-order valence-electron chi connectivity index (χ3n) is 9.01. The number of rotatable bonds is 11. The molecular weight excluding hydrogens is 757 g/mol. The predicted octanol–water partition coefficient (Wildman–Crippen LogP) is 7.74. The first-order valence-electron chi connectivity index (χ1n) is 16.8. The van der Waals surface area contributed by atoms with Gasteiger partial charge in [-0.1, -0.05) is 48.5 Å². The number of piperazine rings is 1. The number of alkyl halides is 1. The van der Waals surface area contributed by atoms with Crippen molar-refractivity contribution in [3.05, 3.63) is 132 Å². The highest BCUT2D eigenvalue weighted by molar-refractivity contribution is 14.1. The van der Waals surface area contributed by atoms with Crippen LogP contribution < -0.4 is 10.6 Å². The van der Waals surface area contributed by atoms with Crippen LogP contribution in [0.15, 0.2) is 110 Å². The number of nitrogens with zero attached hydrogens (tertiary/aromatic N) is 5. The molecule has 3 heterocycles. The van der Waals surface area contributed by atoms with Gasteiger partial charge in [0.2, 0.25) is 12.7 Å². The molecule has 262 valence electrons. The summed E-state index contributed by atoms with van der Waals surface area (Å²) < 4.78 is 11.9. The van der Waals surface area contributed by atoms with Gasteiger partial charge in [0.1, 0.15) is 6.10 Å². The van der Waals surface area contributed by atoms with Gasteiger partial charge in [-0.05, 0) is 95.6 Å². The lowest BCUT2D eigenvalue weighted by Crippen LogP contribution is -2.61. The molecule has 5 aromatic rings. The molecule has 2 N–H and O–H groups in total. The molecule has 0 bridgehead atoms. The van der Waals surface area contributed by atoms with Crippen molar-refractivity contribution in [1.29, 1.82) is 0 Å². The van der Waals surface area contributed by atoms with Crippen LogP contribution in [0.1, 0.15) is 40.1 Å². The number of carbonyl (C=O) groups excluding carboxylic acids is 2. The topological polar surface area (TPSA) is 119 Å². The first-order valence-corrected chi connectivity index (χ1v) is 18.0. The Balaban J connectivity index is 0.989. The Bertz CT molecular complexity index is 1950. The van der Waals surface area contributed by atoms with Crippen molar-refractivity contribution in [3.8, 4) is 11.3 Å². The lowest BCUT2D eigenvalue weighted by Gasteiger charge is -2.44. The van der Waals surface area contributed by atoms with E-state index >= 15 is 0 Å². The molecule has 0 radical (unpaired) electrons. The van der Waals surface area contributed by atoms with E-state index in [4.69, 9.17) is 9.47 Å². The van der Waals surface area contributed by atoms with Gasteiger partial charge in [0.25, 0.3) is 5.91 Å². The Labute approximate surface area is 311 Å². The summed E-state index contributed by atoms with van der Waals surface area (Å²) in [5, 5.41) is 6.30. The molecule has 2 aromatic heterocycles. The van der Waals surface area contributed by atoms with Crippen LogP contribution in [0.4, 0.5) is 22.1 Å². The molecule has 1 saturated heterocycles. The van der Waals surface area contributed by atoms with Crippen molar-refractivity contribution in [1.82, 2.24) is 19.9 Å².